The molecule has 0 saturated carbocycles. The Morgan fingerprint density at radius 2 is 1.91 bits per heavy atom. The number of ether oxygens (including phenoxy) is 3. The van der Waals surface area contributed by atoms with Crippen molar-refractivity contribution in [3.63, 3.8) is 0 Å². The van der Waals surface area contributed by atoms with Crippen LogP contribution in [-0.4, -0.2) is 81.3 Å². The van der Waals surface area contributed by atoms with Gasteiger partial charge < -0.3 is 29.7 Å². The average molecular weight is 612 g/mol. The molecule has 0 radical (unpaired) electrons. The number of rotatable bonds is 5. The molecular formula is C32H33N7O6. The molecule has 232 valence electrons. The number of nitrogens with one attached hydrogen (secondary N) is 2. The van der Waals surface area contributed by atoms with Gasteiger partial charge in [-0.1, -0.05) is 12.1 Å². The van der Waals surface area contributed by atoms with E-state index in [2.05, 4.69) is 25.7 Å². The number of benzene rings is 2. The number of aromatic nitrogens is 4. The lowest BCUT2D eigenvalue weighted by Gasteiger charge is -2.22. The predicted octanol–water partition coefficient (Wildman–Crippen LogP) is 2.23. The van der Waals surface area contributed by atoms with Crippen LogP contribution in [0.15, 0.2) is 73.6 Å². The van der Waals surface area contributed by atoms with Crippen LogP contribution in [0.5, 0.6) is 17.2 Å². The fraction of sp³-hybridized carbons (Fsp3) is 0.312. The first-order valence-electron chi connectivity index (χ1n) is 14.6. The van der Waals surface area contributed by atoms with Crippen LogP contribution in [-0.2, 0) is 22.7 Å². The van der Waals surface area contributed by atoms with Crippen LogP contribution in [0.2, 0.25) is 0 Å². The van der Waals surface area contributed by atoms with Crippen LogP contribution in [0.1, 0.15) is 28.8 Å². The Balaban J connectivity index is 1.27. The summed E-state index contributed by atoms with van der Waals surface area (Å²) in [7, 11) is 1.54. The highest BCUT2D eigenvalue weighted by atomic mass is 16.5. The first-order chi connectivity index (χ1) is 21.9. The molecule has 1 fully saturated rings. The number of amides is 3. The maximum Gasteiger partial charge on any atom is 0.258 e. The lowest BCUT2D eigenvalue weighted by atomic mass is 10.1. The highest BCUT2D eigenvalue weighted by Crippen LogP contribution is 2.28. The Kier molecular flexibility index (Phi) is 8.85. The summed E-state index contributed by atoms with van der Waals surface area (Å²) in [6, 6.07) is 13.8. The largest absolute Gasteiger partial charge is 0.496 e. The van der Waals surface area contributed by atoms with E-state index in [0.29, 0.717) is 47.8 Å². The van der Waals surface area contributed by atoms with E-state index in [0.717, 1.165) is 11.1 Å². The van der Waals surface area contributed by atoms with Crippen molar-refractivity contribution in [2.75, 3.05) is 26.8 Å². The molecule has 7 rings (SSSR count). The van der Waals surface area contributed by atoms with Crippen molar-refractivity contribution in [3.8, 4) is 28.4 Å². The van der Waals surface area contributed by atoms with Gasteiger partial charge in [-0.05, 0) is 42.3 Å². The molecule has 0 unspecified atom stereocenters. The van der Waals surface area contributed by atoms with Gasteiger partial charge in [0.25, 0.3) is 11.8 Å². The van der Waals surface area contributed by atoms with Crippen LogP contribution in [0.4, 0.5) is 0 Å². The zero-order chi connectivity index (χ0) is 31.2. The Morgan fingerprint density at radius 1 is 1.02 bits per heavy atom. The summed E-state index contributed by atoms with van der Waals surface area (Å²) in [6.45, 7) is 1.20. The van der Waals surface area contributed by atoms with Gasteiger partial charge in [0.05, 0.1) is 25.3 Å². The SMILES string of the molecule is COc1cc2ccc1CNC(=O)COc1cccc(c1)-c1cncc(c1)C(=O)N[C@H]1CN(C(=O)CCCn3cncn3)C[C@@H]1O2. The van der Waals surface area contributed by atoms with Crippen molar-refractivity contribution in [1.82, 2.24) is 35.3 Å². The Morgan fingerprint density at radius 3 is 2.76 bits per heavy atom. The summed E-state index contributed by atoms with van der Waals surface area (Å²) in [4.78, 5) is 49.3. The first-order valence-corrected chi connectivity index (χ1v) is 14.6. The van der Waals surface area contributed by atoms with Gasteiger partial charge in [0.15, 0.2) is 6.61 Å². The molecule has 5 heterocycles. The molecule has 1 saturated heterocycles. The minimum atomic E-state index is -0.529. The topological polar surface area (TPSA) is 150 Å². The number of fused-ring (bicyclic) bond motifs is 7. The Labute approximate surface area is 259 Å². The van der Waals surface area contributed by atoms with Gasteiger partial charge in [-0.2, -0.15) is 5.10 Å². The van der Waals surface area contributed by atoms with Gasteiger partial charge in [0.2, 0.25) is 5.91 Å². The maximum absolute atomic E-state index is 13.5. The summed E-state index contributed by atoms with van der Waals surface area (Å²) < 4.78 is 19.4. The van der Waals surface area contributed by atoms with Gasteiger partial charge >= 0.3 is 0 Å². The number of nitrogens with zero attached hydrogens (tertiary/aromatic N) is 5. The molecule has 45 heavy (non-hydrogen) atoms. The number of hydrogen-bond donors (Lipinski definition) is 2. The fourth-order valence-corrected chi connectivity index (χ4v) is 5.39. The summed E-state index contributed by atoms with van der Waals surface area (Å²) in [5.41, 5.74) is 2.59. The van der Waals surface area contributed by atoms with E-state index in [1.165, 1.54) is 12.5 Å². The lowest BCUT2D eigenvalue weighted by molar-refractivity contribution is -0.130. The molecule has 3 aliphatic rings. The van der Waals surface area contributed by atoms with Crippen molar-refractivity contribution >= 4 is 17.7 Å². The summed E-state index contributed by atoms with van der Waals surface area (Å²) in [5.74, 6) is 0.864. The van der Waals surface area contributed by atoms with Crippen molar-refractivity contribution < 1.29 is 28.6 Å². The summed E-state index contributed by atoms with van der Waals surface area (Å²) >= 11 is 0. The zero-order valence-electron chi connectivity index (χ0n) is 24.7. The highest BCUT2D eigenvalue weighted by Gasteiger charge is 2.38. The Bertz CT molecular complexity index is 1680. The molecule has 6 bridgehead atoms. The van der Waals surface area contributed by atoms with Crippen molar-refractivity contribution in [2.45, 2.75) is 38.1 Å². The van der Waals surface area contributed by atoms with Crippen LogP contribution < -0.4 is 24.8 Å². The quantitative estimate of drug-likeness (QED) is 0.346. The molecule has 0 spiro atoms. The molecule has 2 aromatic carbocycles. The van der Waals surface area contributed by atoms with Crippen LogP contribution in [0, 0.1) is 0 Å². The zero-order valence-corrected chi connectivity index (χ0v) is 24.7. The minimum Gasteiger partial charge on any atom is -0.496 e. The number of pyridine rings is 1. The van der Waals surface area contributed by atoms with Gasteiger partial charge in [-0.15, -0.1) is 0 Å². The smallest absolute Gasteiger partial charge is 0.258 e. The van der Waals surface area contributed by atoms with E-state index in [9.17, 15) is 14.4 Å². The fourth-order valence-electron chi connectivity index (χ4n) is 5.39. The molecule has 4 aromatic rings. The molecule has 3 amide bonds. The van der Waals surface area contributed by atoms with Gasteiger partial charge in [0, 0.05) is 55.6 Å². The molecule has 3 aliphatic heterocycles. The maximum atomic E-state index is 13.5. The number of methoxy groups -OCH3 is 1. The third-order valence-electron chi connectivity index (χ3n) is 7.74. The van der Waals surface area contributed by atoms with Crippen molar-refractivity contribution in [3.05, 3.63) is 84.7 Å². The summed E-state index contributed by atoms with van der Waals surface area (Å²) in [5, 5.41) is 10.0. The highest BCUT2D eigenvalue weighted by molar-refractivity contribution is 5.95. The van der Waals surface area contributed by atoms with E-state index in [1.54, 1.807) is 59.5 Å². The van der Waals surface area contributed by atoms with E-state index in [4.69, 9.17) is 14.2 Å². The molecule has 2 aromatic heterocycles. The predicted molar refractivity (Wildman–Crippen MR) is 162 cm³/mol. The molecule has 13 heteroatoms. The third kappa shape index (κ3) is 7.20. The number of likely N-dealkylation sites (tertiary alicyclic amines) is 1. The van der Waals surface area contributed by atoms with Crippen LogP contribution >= 0.6 is 0 Å². The summed E-state index contributed by atoms with van der Waals surface area (Å²) in [6.07, 6.45) is 6.62. The van der Waals surface area contributed by atoms with Gasteiger partial charge in [-0.3, -0.25) is 24.0 Å². The standard InChI is InChI=1S/C32H33N7O6/c1-43-28-12-26-8-7-22(28)15-35-30(40)18-44-25-5-2-4-21(11-25)23-10-24(14-33-13-23)32(42)37-27-16-38(17-29(27)45-26)31(41)6-3-9-39-20-34-19-36-39/h2,4-5,7-8,10-14,19-20,27,29H,3,6,9,15-18H2,1H3,(H,35,40)(H,37,42)/t27-,29-/m0/s1. The van der Waals surface area contributed by atoms with Crippen molar-refractivity contribution in [2.24, 2.45) is 0 Å². The average Bonchev–Trinajstić information content (AvgIpc) is 3.73. The second-order valence-electron chi connectivity index (χ2n) is 10.8. The second kappa shape index (κ2) is 13.5. The minimum absolute atomic E-state index is 0.0413. The van der Waals surface area contributed by atoms with E-state index < -0.39 is 12.1 Å². The number of carbonyl (C=O) groups excluding carboxylic acids is 3. The molecule has 2 N–H and O–H groups in total. The normalized spacial score (nSPS) is 18.2. The van der Waals surface area contributed by atoms with Crippen LogP contribution in [0.3, 0.4) is 0 Å². The second-order valence-corrected chi connectivity index (χ2v) is 10.8. The van der Waals surface area contributed by atoms with Crippen LogP contribution in [0.25, 0.3) is 11.1 Å². The molecule has 13 nitrogen and oxygen atoms in total. The van der Waals surface area contributed by atoms with Crippen molar-refractivity contribution in [1.29, 1.82) is 0 Å². The molecule has 2 atom stereocenters. The number of hydrogen-bond acceptors (Lipinski definition) is 9. The molecular weight excluding hydrogens is 578 g/mol. The van der Waals surface area contributed by atoms with E-state index in [1.807, 2.05) is 18.2 Å². The lowest BCUT2D eigenvalue weighted by Crippen LogP contribution is -2.45. The first kappa shape index (κ1) is 29.6. The Hall–Kier alpha value is -5.46. The van der Waals surface area contributed by atoms with E-state index in [-0.39, 0.29) is 44.0 Å². The molecule has 0 aliphatic carbocycles. The number of aryl methyl sites for hydroxylation is 1. The van der Waals surface area contributed by atoms with Gasteiger partial charge in [-0.25, -0.2) is 4.98 Å². The van der Waals surface area contributed by atoms with Gasteiger partial charge in [0.1, 0.15) is 36.0 Å². The third-order valence-corrected chi connectivity index (χ3v) is 7.74. The van der Waals surface area contributed by atoms with E-state index >= 15 is 0 Å². The monoisotopic (exact) mass is 611 g/mol. The number of carbonyl (C=O) groups is 3.